The van der Waals surface area contributed by atoms with Crippen molar-refractivity contribution >= 4 is 23.4 Å². The van der Waals surface area contributed by atoms with E-state index in [0.29, 0.717) is 23.9 Å². The topological polar surface area (TPSA) is 91.4 Å². The first-order valence-corrected chi connectivity index (χ1v) is 12.2. The van der Waals surface area contributed by atoms with Gasteiger partial charge < -0.3 is 25.6 Å². The van der Waals surface area contributed by atoms with Gasteiger partial charge in [-0.2, -0.15) is 4.98 Å². The monoisotopic (exact) mass is 474 g/mol. The summed E-state index contributed by atoms with van der Waals surface area (Å²) in [5.74, 6) is 1.79. The number of aromatic nitrogens is 2. The third-order valence-corrected chi connectivity index (χ3v) is 6.04. The highest BCUT2D eigenvalue weighted by Gasteiger charge is 2.20. The van der Waals surface area contributed by atoms with Gasteiger partial charge in [0.2, 0.25) is 11.9 Å². The van der Waals surface area contributed by atoms with Crippen molar-refractivity contribution in [2.24, 2.45) is 0 Å². The first kappa shape index (κ1) is 24.5. The molecule has 0 radical (unpaired) electrons. The van der Waals surface area contributed by atoms with Gasteiger partial charge in [0.05, 0.1) is 7.11 Å². The Morgan fingerprint density at radius 2 is 1.80 bits per heavy atom. The maximum atomic E-state index is 13.3. The lowest BCUT2D eigenvalue weighted by Crippen LogP contribution is -2.37. The zero-order valence-electron chi connectivity index (χ0n) is 20.5. The Hall–Kier alpha value is -3.65. The summed E-state index contributed by atoms with van der Waals surface area (Å²) in [6, 6.07) is 18.6. The predicted molar refractivity (Wildman–Crippen MR) is 140 cm³/mol. The molecule has 0 bridgehead atoms. The normalized spacial score (nSPS) is 14.3. The van der Waals surface area contributed by atoms with Gasteiger partial charge in [0.1, 0.15) is 17.6 Å². The van der Waals surface area contributed by atoms with Crippen LogP contribution >= 0.6 is 0 Å². The fourth-order valence-corrected chi connectivity index (χ4v) is 4.19. The van der Waals surface area contributed by atoms with Crippen molar-refractivity contribution in [3.8, 4) is 5.75 Å². The van der Waals surface area contributed by atoms with Crippen molar-refractivity contribution in [3.05, 3.63) is 71.9 Å². The van der Waals surface area contributed by atoms with E-state index in [4.69, 9.17) is 4.74 Å². The molecule has 1 amide bonds. The van der Waals surface area contributed by atoms with Gasteiger partial charge in [0.15, 0.2) is 0 Å². The second kappa shape index (κ2) is 12.2. The summed E-state index contributed by atoms with van der Waals surface area (Å²) in [5, 5.41) is 9.69. The van der Waals surface area contributed by atoms with Crippen LogP contribution in [0.15, 0.2) is 60.7 Å². The van der Waals surface area contributed by atoms with Crippen LogP contribution < -0.4 is 20.7 Å². The van der Waals surface area contributed by atoms with E-state index in [1.54, 1.807) is 7.11 Å². The van der Waals surface area contributed by atoms with Crippen LogP contribution in [0, 0.1) is 6.92 Å². The minimum atomic E-state index is -0.522. The molecule has 8 heteroatoms. The molecule has 1 fully saturated rings. The maximum absolute atomic E-state index is 13.3. The molecule has 1 saturated heterocycles. The number of ether oxygens (including phenoxy) is 1. The fourth-order valence-electron chi connectivity index (χ4n) is 4.19. The van der Waals surface area contributed by atoms with Gasteiger partial charge in [-0.3, -0.25) is 4.79 Å². The summed E-state index contributed by atoms with van der Waals surface area (Å²) in [6.45, 7) is 6.01. The van der Waals surface area contributed by atoms with Gasteiger partial charge in [-0.1, -0.05) is 30.3 Å². The van der Waals surface area contributed by atoms with Gasteiger partial charge in [0, 0.05) is 37.0 Å². The lowest BCUT2D eigenvalue weighted by molar-refractivity contribution is -0.116. The summed E-state index contributed by atoms with van der Waals surface area (Å²) >= 11 is 0. The number of amides is 1. The van der Waals surface area contributed by atoms with E-state index in [9.17, 15) is 4.79 Å². The second-order valence-corrected chi connectivity index (χ2v) is 8.80. The Balaban J connectivity index is 1.46. The molecular weight excluding hydrogens is 440 g/mol. The third kappa shape index (κ3) is 7.42. The molecule has 1 atom stereocenters. The molecule has 0 saturated carbocycles. The van der Waals surface area contributed by atoms with Crippen LogP contribution in [-0.4, -0.2) is 60.1 Å². The second-order valence-electron chi connectivity index (χ2n) is 8.80. The first-order chi connectivity index (χ1) is 17.1. The Kier molecular flexibility index (Phi) is 8.51. The van der Waals surface area contributed by atoms with Gasteiger partial charge >= 0.3 is 0 Å². The lowest BCUT2D eigenvalue weighted by atomic mass is 10.0. The average molecular weight is 475 g/mol. The average Bonchev–Trinajstić information content (AvgIpc) is 3.38. The van der Waals surface area contributed by atoms with E-state index in [1.807, 2.05) is 67.6 Å². The van der Waals surface area contributed by atoms with E-state index in [0.717, 1.165) is 43.2 Å². The van der Waals surface area contributed by atoms with Crippen molar-refractivity contribution < 1.29 is 9.53 Å². The van der Waals surface area contributed by atoms with Crippen LogP contribution in [0.1, 0.15) is 24.1 Å². The van der Waals surface area contributed by atoms with Gasteiger partial charge in [-0.05, 0) is 62.7 Å². The number of hydrogen-bond acceptors (Lipinski definition) is 7. The Morgan fingerprint density at radius 3 is 2.51 bits per heavy atom. The van der Waals surface area contributed by atoms with Crippen LogP contribution in [0.2, 0.25) is 0 Å². The summed E-state index contributed by atoms with van der Waals surface area (Å²) in [5.41, 5.74) is 2.60. The molecule has 0 aliphatic carbocycles. The number of likely N-dealkylation sites (tertiary alicyclic amines) is 1. The summed E-state index contributed by atoms with van der Waals surface area (Å²) in [4.78, 5) is 24.9. The molecule has 184 valence electrons. The Morgan fingerprint density at radius 1 is 1.06 bits per heavy atom. The molecular formula is C27H34N6O2. The Bertz CT molecular complexity index is 1080. The highest BCUT2D eigenvalue weighted by Crippen LogP contribution is 2.18. The minimum absolute atomic E-state index is 0.140. The molecule has 0 spiro atoms. The molecule has 35 heavy (non-hydrogen) atoms. The zero-order valence-corrected chi connectivity index (χ0v) is 20.5. The molecule has 1 aliphatic heterocycles. The van der Waals surface area contributed by atoms with Crippen LogP contribution in [-0.2, 0) is 11.2 Å². The van der Waals surface area contributed by atoms with E-state index in [1.165, 1.54) is 12.8 Å². The molecule has 0 unspecified atom stereocenters. The number of benzene rings is 2. The molecule has 1 aromatic heterocycles. The summed E-state index contributed by atoms with van der Waals surface area (Å²) < 4.78 is 5.21. The smallest absolute Gasteiger partial charge is 0.247 e. The number of rotatable bonds is 11. The van der Waals surface area contributed by atoms with E-state index in [2.05, 4.69) is 30.8 Å². The zero-order chi connectivity index (χ0) is 24.5. The van der Waals surface area contributed by atoms with Gasteiger partial charge in [-0.25, -0.2) is 4.98 Å². The Labute approximate surface area is 207 Å². The van der Waals surface area contributed by atoms with Crippen LogP contribution in [0.25, 0.3) is 0 Å². The number of carbonyl (C=O) groups excluding carboxylic acids is 1. The number of nitrogens with one attached hydrogen (secondary N) is 3. The van der Waals surface area contributed by atoms with E-state index >= 15 is 0 Å². The largest absolute Gasteiger partial charge is 0.497 e. The SMILES string of the molecule is COc1ccc(NC(=O)[C@H](Cc2ccccc2)Nc2cc(C)nc(NCCN3CCCC3)n2)cc1. The minimum Gasteiger partial charge on any atom is -0.497 e. The van der Waals surface area contributed by atoms with Crippen molar-refractivity contribution in [2.75, 3.05) is 49.2 Å². The van der Waals surface area contributed by atoms with Crippen LogP contribution in [0.5, 0.6) is 5.75 Å². The number of methoxy groups -OCH3 is 1. The first-order valence-electron chi connectivity index (χ1n) is 12.2. The lowest BCUT2D eigenvalue weighted by Gasteiger charge is -2.20. The van der Waals surface area contributed by atoms with Crippen molar-refractivity contribution in [1.29, 1.82) is 0 Å². The number of anilines is 3. The van der Waals surface area contributed by atoms with Gasteiger partial charge in [-0.15, -0.1) is 0 Å². The van der Waals surface area contributed by atoms with Crippen molar-refractivity contribution in [3.63, 3.8) is 0 Å². The summed E-state index contributed by atoms with van der Waals surface area (Å²) in [7, 11) is 1.62. The molecule has 8 nitrogen and oxygen atoms in total. The molecule has 2 heterocycles. The number of aryl methyl sites for hydroxylation is 1. The van der Waals surface area contributed by atoms with Crippen LogP contribution in [0.4, 0.5) is 17.5 Å². The quantitative estimate of drug-likeness (QED) is 0.387. The molecule has 4 rings (SSSR count). The van der Waals surface area contributed by atoms with Crippen molar-refractivity contribution in [1.82, 2.24) is 14.9 Å². The maximum Gasteiger partial charge on any atom is 0.247 e. The number of carbonyl (C=O) groups is 1. The van der Waals surface area contributed by atoms with E-state index < -0.39 is 6.04 Å². The highest BCUT2D eigenvalue weighted by molar-refractivity contribution is 5.96. The van der Waals surface area contributed by atoms with E-state index in [-0.39, 0.29) is 5.91 Å². The number of nitrogens with zero attached hydrogens (tertiary/aromatic N) is 3. The molecule has 3 aromatic rings. The summed E-state index contributed by atoms with van der Waals surface area (Å²) in [6.07, 6.45) is 3.07. The van der Waals surface area contributed by atoms with Crippen LogP contribution in [0.3, 0.4) is 0 Å². The number of hydrogen-bond donors (Lipinski definition) is 3. The molecule has 2 aromatic carbocycles. The predicted octanol–water partition coefficient (Wildman–Crippen LogP) is 3.96. The van der Waals surface area contributed by atoms with Gasteiger partial charge in [0.25, 0.3) is 0 Å². The molecule has 1 aliphatic rings. The fraction of sp³-hybridized carbons (Fsp3) is 0.370. The van der Waals surface area contributed by atoms with Crippen molar-refractivity contribution in [2.45, 2.75) is 32.2 Å². The third-order valence-electron chi connectivity index (χ3n) is 6.04. The standard InChI is InChI=1S/C27H34N6O2/c1-20-18-25(32-27(29-20)28-14-17-33-15-6-7-16-33)31-24(19-21-8-4-3-5-9-21)26(34)30-22-10-12-23(35-2)13-11-22/h3-5,8-13,18,24H,6-7,14-17,19H2,1-2H3,(H,30,34)(H2,28,29,31,32)/t24-/m0/s1. The highest BCUT2D eigenvalue weighted by atomic mass is 16.5. The molecule has 3 N–H and O–H groups in total.